The van der Waals surface area contributed by atoms with Gasteiger partial charge in [-0.25, -0.2) is 4.79 Å². The molecule has 0 spiro atoms. The lowest BCUT2D eigenvalue weighted by Crippen LogP contribution is -2.52. The van der Waals surface area contributed by atoms with Crippen molar-refractivity contribution in [3.8, 4) is 0 Å². The van der Waals surface area contributed by atoms with Gasteiger partial charge in [0.15, 0.2) is 0 Å². The number of nitrogens with one attached hydrogen (secondary N) is 1. The standard InChI is InChI=1S/C15H26N2O3/c1-15(2)8-4-3-5-12(15)16-14(20)17(10-13(18)19)9-11-6-7-11/h11-12H,3-10H2,1-2H3,(H,16,20)(H,18,19). The molecule has 2 aliphatic rings. The van der Waals surface area contributed by atoms with E-state index in [1.807, 2.05) is 0 Å². The van der Waals surface area contributed by atoms with Crippen molar-refractivity contribution >= 4 is 12.0 Å². The monoisotopic (exact) mass is 282 g/mol. The molecule has 0 saturated heterocycles. The molecule has 0 aromatic carbocycles. The first-order valence-electron chi connectivity index (χ1n) is 7.66. The molecular weight excluding hydrogens is 256 g/mol. The van der Waals surface area contributed by atoms with Gasteiger partial charge in [-0.2, -0.15) is 0 Å². The molecule has 114 valence electrons. The minimum Gasteiger partial charge on any atom is -0.480 e. The van der Waals surface area contributed by atoms with Gasteiger partial charge in [0.2, 0.25) is 0 Å². The smallest absolute Gasteiger partial charge is 0.323 e. The van der Waals surface area contributed by atoms with Gasteiger partial charge in [0.1, 0.15) is 6.54 Å². The minimum atomic E-state index is -0.941. The summed E-state index contributed by atoms with van der Waals surface area (Å²) < 4.78 is 0. The van der Waals surface area contributed by atoms with E-state index in [4.69, 9.17) is 5.11 Å². The van der Waals surface area contributed by atoms with Crippen molar-refractivity contribution in [2.75, 3.05) is 13.1 Å². The van der Waals surface area contributed by atoms with E-state index in [0.717, 1.165) is 32.1 Å². The molecule has 2 fully saturated rings. The van der Waals surface area contributed by atoms with E-state index >= 15 is 0 Å². The van der Waals surface area contributed by atoms with Crippen molar-refractivity contribution in [3.63, 3.8) is 0 Å². The number of carbonyl (C=O) groups is 2. The van der Waals surface area contributed by atoms with E-state index < -0.39 is 5.97 Å². The van der Waals surface area contributed by atoms with Crippen LogP contribution in [-0.2, 0) is 4.79 Å². The molecule has 0 radical (unpaired) electrons. The molecule has 5 heteroatoms. The third kappa shape index (κ3) is 4.12. The van der Waals surface area contributed by atoms with Crippen molar-refractivity contribution in [2.45, 2.75) is 58.4 Å². The molecule has 0 aromatic rings. The number of aliphatic carboxylic acids is 1. The zero-order chi connectivity index (χ0) is 14.8. The van der Waals surface area contributed by atoms with E-state index in [1.165, 1.54) is 11.3 Å². The predicted octanol–water partition coefficient (Wildman–Crippen LogP) is 2.46. The zero-order valence-electron chi connectivity index (χ0n) is 12.5. The van der Waals surface area contributed by atoms with Crippen LogP contribution in [0.15, 0.2) is 0 Å². The Hall–Kier alpha value is -1.26. The second-order valence-corrected chi connectivity index (χ2v) is 6.95. The fourth-order valence-electron chi connectivity index (χ4n) is 3.00. The fraction of sp³-hybridized carbons (Fsp3) is 0.867. The molecule has 1 unspecified atom stereocenters. The van der Waals surface area contributed by atoms with Gasteiger partial charge in [0, 0.05) is 12.6 Å². The lowest BCUT2D eigenvalue weighted by atomic mass is 9.73. The first-order chi connectivity index (χ1) is 9.38. The summed E-state index contributed by atoms with van der Waals surface area (Å²) >= 11 is 0. The largest absolute Gasteiger partial charge is 0.480 e. The summed E-state index contributed by atoms with van der Waals surface area (Å²) in [4.78, 5) is 24.7. The summed E-state index contributed by atoms with van der Waals surface area (Å²) in [6, 6.07) is -0.0569. The molecule has 20 heavy (non-hydrogen) atoms. The number of carbonyl (C=O) groups excluding carboxylic acids is 1. The van der Waals surface area contributed by atoms with Crippen LogP contribution in [0, 0.1) is 11.3 Å². The normalized spacial score (nSPS) is 25.0. The highest BCUT2D eigenvalue weighted by Gasteiger charge is 2.35. The molecule has 2 aliphatic carbocycles. The van der Waals surface area contributed by atoms with Gasteiger partial charge in [0.25, 0.3) is 0 Å². The van der Waals surface area contributed by atoms with Crippen LogP contribution < -0.4 is 5.32 Å². The number of hydrogen-bond acceptors (Lipinski definition) is 2. The maximum absolute atomic E-state index is 12.3. The fourth-order valence-corrected chi connectivity index (χ4v) is 3.00. The number of amides is 2. The predicted molar refractivity (Wildman–Crippen MR) is 76.5 cm³/mol. The summed E-state index contributed by atoms with van der Waals surface area (Å²) in [5, 5.41) is 12.0. The Morgan fingerprint density at radius 1 is 1.25 bits per heavy atom. The molecule has 2 amide bonds. The maximum atomic E-state index is 12.3. The van der Waals surface area contributed by atoms with Gasteiger partial charge in [-0.05, 0) is 37.0 Å². The van der Waals surface area contributed by atoms with Crippen LogP contribution in [0.25, 0.3) is 0 Å². The Morgan fingerprint density at radius 3 is 2.50 bits per heavy atom. The van der Waals surface area contributed by atoms with Crippen LogP contribution in [0.3, 0.4) is 0 Å². The summed E-state index contributed by atoms with van der Waals surface area (Å²) in [6.07, 6.45) is 6.66. The van der Waals surface area contributed by atoms with E-state index in [2.05, 4.69) is 19.2 Å². The quantitative estimate of drug-likeness (QED) is 0.813. The third-order valence-electron chi connectivity index (χ3n) is 4.59. The molecule has 0 aromatic heterocycles. The SMILES string of the molecule is CC1(C)CCCCC1NC(=O)N(CC(=O)O)CC1CC1. The molecule has 0 heterocycles. The summed E-state index contributed by atoms with van der Waals surface area (Å²) in [5.41, 5.74) is 0.0996. The van der Waals surface area contributed by atoms with Gasteiger partial charge >= 0.3 is 12.0 Å². The van der Waals surface area contributed by atoms with Crippen molar-refractivity contribution in [1.82, 2.24) is 10.2 Å². The topological polar surface area (TPSA) is 69.6 Å². The van der Waals surface area contributed by atoms with Crippen LogP contribution >= 0.6 is 0 Å². The van der Waals surface area contributed by atoms with Gasteiger partial charge in [-0.3, -0.25) is 4.79 Å². The lowest BCUT2D eigenvalue weighted by molar-refractivity contribution is -0.137. The average molecular weight is 282 g/mol. The van der Waals surface area contributed by atoms with Gasteiger partial charge in [-0.15, -0.1) is 0 Å². The Morgan fingerprint density at radius 2 is 1.95 bits per heavy atom. The van der Waals surface area contributed by atoms with Crippen LogP contribution in [-0.4, -0.2) is 41.1 Å². The highest BCUT2D eigenvalue weighted by atomic mass is 16.4. The molecular formula is C15H26N2O3. The summed E-state index contributed by atoms with van der Waals surface area (Å²) in [6.45, 7) is 4.74. The first-order valence-corrected chi connectivity index (χ1v) is 7.66. The van der Waals surface area contributed by atoms with Crippen molar-refractivity contribution < 1.29 is 14.7 Å². The second-order valence-electron chi connectivity index (χ2n) is 6.95. The Labute approximate surface area is 120 Å². The maximum Gasteiger partial charge on any atom is 0.323 e. The van der Waals surface area contributed by atoms with Crippen molar-refractivity contribution in [1.29, 1.82) is 0 Å². The van der Waals surface area contributed by atoms with E-state index in [0.29, 0.717) is 12.5 Å². The number of rotatable bonds is 5. The van der Waals surface area contributed by atoms with Crippen molar-refractivity contribution in [3.05, 3.63) is 0 Å². The highest BCUT2D eigenvalue weighted by molar-refractivity contribution is 5.80. The molecule has 0 aliphatic heterocycles. The molecule has 2 saturated carbocycles. The number of carboxylic acid groups (broad SMARTS) is 1. The molecule has 2 N–H and O–H groups in total. The Bertz CT molecular complexity index is 377. The Balaban J connectivity index is 1.93. The van der Waals surface area contributed by atoms with Crippen LogP contribution in [0.5, 0.6) is 0 Å². The molecule has 0 bridgehead atoms. The summed E-state index contributed by atoms with van der Waals surface area (Å²) in [5.74, 6) is -0.442. The zero-order valence-corrected chi connectivity index (χ0v) is 12.5. The lowest BCUT2D eigenvalue weighted by Gasteiger charge is -2.40. The van der Waals surface area contributed by atoms with Gasteiger partial charge in [0.05, 0.1) is 0 Å². The first kappa shape index (κ1) is 15.1. The van der Waals surface area contributed by atoms with Gasteiger partial charge in [-0.1, -0.05) is 26.7 Å². The number of hydrogen-bond donors (Lipinski definition) is 2. The average Bonchev–Trinajstić information content (AvgIpc) is 3.14. The highest BCUT2D eigenvalue weighted by Crippen LogP contribution is 2.35. The van der Waals surface area contributed by atoms with E-state index in [-0.39, 0.29) is 24.0 Å². The minimum absolute atomic E-state index is 0.0996. The molecule has 1 atom stereocenters. The number of nitrogens with zero attached hydrogens (tertiary/aromatic N) is 1. The van der Waals surface area contributed by atoms with E-state index in [1.54, 1.807) is 0 Å². The number of carboxylic acids is 1. The Kier molecular flexibility index (Phi) is 4.55. The van der Waals surface area contributed by atoms with Crippen LogP contribution in [0.2, 0.25) is 0 Å². The van der Waals surface area contributed by atoms with Crippen LogP contribution in [0.4, 0.5) is 4.79 Å². The van der Waals surface area contributed by atoms with Gasteiger partial charge < -0.3 is 15.3 Å². The number of urea groups is 1. The second kappa shape index (κ2) is 6.02. The molecule has 2 rings (SSSR count). The van der Waals surface area contributed by atoms with E-state index in [9.17, 15) is 9.59 Å². The van der Waals surface area contributed by atoms with Crippen molar-refractivity contribution in [2.24, 2.45) is 11.3 Å². The molecule has 5 nitrogen and oxygen atoms in total. The third-order valence-corrected chi connectivity index (χ3v) is 4.59. The summed E-state index contributed by atoms with van der Waals surface area (Å²) in [7, 11) is 0. The van der Waals surface area contributed by atoms with Crippen LogP contribution in [0.1, 0.15) is 52.4 Å².